The third-order valence-electron chi connectivity index (χ3n) is 3.44. The monoisotopic (exact) mass is 284 g/mol. The first-order valence-electron chi connectivity index (χ1n) is 7.66. The van der Waals surface area contributed by atoms with E-state index in [9.17, 15) is 4.79 Å². The Kier molecular flexibility index (Phi) is 8.80. The lowest BCUT2D eigenvalue weighted by Gasteiger charge is -2.03. The summed E-state index contributed by atoms with van der Waals surface area (Å²) in [5.74, 6) is 1.01. The molecule has 110 valence electrons. The van der Waals surface area contributed by atoms with Crippen LogP contribution in [-0.2, 0) is 13.1 Å². The third kappa shape index (κ3) is 6.37. The van der Waals surface area contributed by atoms with Crippen molar-refractivity contribution in [1.29, 1.82) is 0 Å². The Morgan fingerprint density at radius 3 is 2.00 bits per heavy atom. The van der Waals surface area contributed by atoms with E-state index in [4.69, 9.17) is 0 Å². The molecule has 1 rings (SSSR count). The smallest absolute Gasteiger partial charge is 0.299 e. The summed E-state index contributed by atoms with van der Waals surface area (Å²) >= 11 is 4.21. The van der Waals surface area contributed by atoms with Gasteiger partial charge in [-0.2, -0.15) is 12.6 Å². The summed E-state index contributed by atoms with van der Waals surface area (Å²) in [5.41, 5.74) is 0.149. The van der Waals surface area contributed by atoms with Gasteiger partial charge < -0.3 is 0 Å². The minimum absolute atomic E-state index is 0.149. The van der Waals surface area contributed by atoms with E-state index >= 15 is 0 Å². The van der Waals surface area contributed by atoms with Gasteiger partial charge in [-0.1, -0.05) is 39.0 Å². The Morgan fingerprint density at radius 1 is 0.895 bits per heavy atom. The second-order valence-corrected chi connectivity index (χ2v) is 5.61. The van der Waals surface area contributed by atoms with Gasteiger partial charge in [-0.3, -0.25) is 9.13 Å². The molecule has 0 aromatic carbocycles. The summed E-state index contributed by atoms with van der Waals surface area (Å²) in [5, 5.41) is 0. The minimum Gasteiger partial charge on any atom is -0.299 e. The lowest BCUT2D eigenvalue weighted by molar-refractivity contribution is 0.533. The van der Waals surface area contributed by atoms with Crippen molar-refractivity contribution in [2.45, 2.75) is 71.4 Å². The van der Waals surface area contributed by atoms with Crippen molar-refractivity contribution in [2.75, 3.05) is 5.75 Å². The number of aryl methyl sites for hydroxylation is 2. The molecule has 0 saturated carbocycles. The van der Waals surface area contributed by atoms with Crippen LogP contribution < -0.4 is 5.69 Å². The van der Waals surface area contributed by atoms with Gasteiger partial charge in [0.15, 0.2) is 0 Å². The molecular weight excluding hydrogens is 256 g/mol. The van der Waals surface area contributed by atoms with Crippen molar-refractivity contribution in [1.82, 2.24) is 9.13 Å². The maximum absolute atomic E-state index is 11.9. The van der Waals surface area contributed by atoms with Crippen LogP contribution in [0.1, 0.15) is 58.3 Å². The molecule has 1 aromatic heterocycles. The van der Waals surface area contributed by atoms with Crippen LogP contribution in [0.4, 0.5) is 0 Å². The zero-order valence-electron chi connectivity index (χ0n) is 12.2. The number of imidazole rings is 1. The van der Waals surface area contributed by atoms with Crippen molar-refractivity contribution in [3.8, 4) is 0 Å². The van der Waals surface area contributed by atoms with E-state index in [0.29, 0.717) is 0 Å². The van der Waals surface area contributed by atoms with Gasteiger partial charge in [0.2, 0.25) is 0 Å². The largest absolute Gasteiger partial charge is 0.328 e. The standard InChI is InChI=1S/C15H28N2OS/c1-2-10-16-12-13-17(15(16)18)11-8-6-4-3-5-7-9-14-19/h12-13,19H,2-11,14H2,1H3. The highest BCUT2D eigenvalue weighted by Gasteiger charge is 2.01. The van der Waals surface area contributed by atoms with Crippen LogP contribution in [0.5, 0.6) is 0 Å². The molecule has 0 fully saturated rings. The fourth-order valence-electron chi connectivity index (χ4n) is 2.31. The summed E-state index contributed by atoms with van der Waals surface area (Å²) in [4.78, 5) is 11.9. The predicted octanol–water partition coefficient (Wildman–Crippen LogP) is 3.72. The Labute approximate surface area is 122 Å². The molecule has 0 atom stereocenters. The molecule has 0 spiro atoms. The van der Waals surface area contributed by atoms with E-state index in [1.165, 1.54) is 38.5 Å². The predicted molar refractivity (Wildman–Crippen MR) is 85.2 cm³/mol. The molecular formula is C15H28N2OS. The highest BCUT2D eigenvalue weighted by molar-refractivity contribution is 7.80. The summed E-state index contributed by atoms with van der Waals surface area (Å²) < 4.78 is 3.65. The number of aromatic nitrogens is 2. The highest BCUT2D eigenvalue weighted by atomic mass is 32.1. The second kappa shape index (κ2) is 10.2. The Balaban J connectivity index is 2.11. The molecule has 0 aliphatic rings. The van der Waals surface area contributed by atoms with E-state index in [2.05, 4.69) is 19.6 Å². The molecule has 1 heterocycles. The summed E-state index contributed by atoms with van der Waals surface area (Å²) in [6, 6.07) is 0. The molecule has 0 N–H and O–H groups in total. The van der Waals surface area contributed by atoms with Crippen LogP contribution in [0.15, 0.2) is 17.2 Å². The van der Waals surface area contributed by atoms with Gasteiger partial charge in [-0.05, 0) is 25.0 Å². The van der Waals surface area contributed by atoms with E-state index in [1.807, 2.05) is 17.0 Å². The molecule has 19 heavy (non-hydrogen) atoms. The third-order valence-corrected chi connectivity index (χ3v) is 3.76. The quantitative estimate of drug-likeness (QED) is 0.486. The molecule has 1 aromatic rings. The van der Waals surface area contributed by atoms with Crippen molar-refractivity contribution in [3.05, 3.63) is 22.9 Å². The van der Waals surface area contributed by atoms with Gasteiger partial charge in [0.05, 0.1) is 0 Å². The fraction of sp³-hybridized carbons (Fsp3) is 0.800. The van der Waals surface area contributed by atoms with E-state index in [-0.39, 0.29) is 5.69 Å². The number of hydrogen-bond donors (Lipinski definition) is 1. The lowest BCUT2D eigenvalue weighted by Crippen LogP contribution is -2.24. The van der Waals surface area contributed by atoms with Crippen LogP contribution in [0.2, 0.25) is 0 Å². The molecule has 0 aliphatic heterocycles. The maximum Gasteiger partial charge on any atom is 0.328 e. The summed E-state index contributed by atoms with van der Waals surface area (Å²) in [6.07, 6.45) is 13.7. The average Bonchev–Trinajstić information content (AvgIpc) is 2.75. The topological polar surface area (TPSA) is 26.9 Å². The first-order valence-corrected chi connectivity index (χ1v) is 8.29. The van der Waals surface area contributed by atoms with Gasteiger partial charge in [0, 0.05) is 25.5 Å². The van der Waals surface area contributed by atoms with Crippen molar-refractivity contribution < 1.29 is 0 Å². The van der Waals surface area contributed by atoms with Crippen LogP contribution in [-0.4, -0.2) is 14.9 Å². The SMILES string of the molecule is CCCn1ccn(CCCCCCCCCS)c1=O. The molecule has 0 radical (unpaired) electrons. The van der Waals surface area contributed by atoms with Crippen LogP contribution in [0, 0.1) is 0 Å². The fourth-order valence-corrected chi connectivity index (χ4v) is 2.54. The van der Waals surface area contributed by atoms with Crippen molar-refractivity contribution in [3.63, 3.8) is 0 Å². The number of unbranched alkanes of at least 4 members (excludes halogenated alkanes) is 6. The number of rotatable bonds is 11. The zero-order chi connectivity index (χ0) is 13.9. The molecule has 0 unspecified atom stereocenters. The summed E-state index contributed by atoms with van der Waals surface area (Å²) in [6.45, 7) is 3.79. The molecule has 0 bridgehead atoms. The van der Waals surface area contributed by atoms with Crippen LogP contribution >= 0.6 is 12.6 Å². The molecule has 0 saturated heterocycles. The number of hydrogen-bond acceptors (Lipinski definition) is 2. The van der Waals surface area contributed by atoms with Crippen molar-refractivity contribution >= 4 is 12.6 Å². The highest BCUT2D eigenvalue weighted by Crippen LogP contribution is 2.08. The Bertz CT molecular complexity index is 384. The molecule has 4 heteroatoms. The van der Waals surface area contributed by atoms with Crippen LogP contribution in [0.3, 0.4) is 0 Å². The van der Waals surface area contributed by atoms with Gasteiger partial charge in [0.25, 0.3) is 0 Å². The Hall–Kier alpha value is -0.640. The first-order chi connectivity index (χ1) is 9.29. The number of thiol groups is 1. The zero-order valence-corrected chi connectivity index (χ0v) is 13.1. The van der Waals surface area contributed by atoms with Gasteiger partial charge in [-0.15, -0.1) is 0 Å². The van der Waals surface area contributed by atoms with Crippen molar-refractivity contribution in [2.24, 2.45) is 0 Å². The van der Waals surface area contributed by atoms with Gasteiger partial charge >= 0.3 is 5.69 Å². The summed E-state index contributed by atoms with van der Waals surface area (Å²) in [7, 11) is 0. The lowest BCUT2D eigenvalue weighted by atomic mass is 10.1. The molecule has 3 nitrogen and oxygen atoms in total. The Morgan fingerprint density at radius 2 is 1.42 bits per heavy atom. The van der Waals surface area contributed by atoms with E-state index in [1.54, 1.807) is 4.57 Å². The minimum atomic E-state index is 0.149. The van der Waals surface area contributed by atoms with Gasteiger partial charge in [-0.25, -0.2) is 4.79 Å². The molecule has 0 amide bonds. The molecule has 0 aliphatic carbocycles. The van der Waals surface area contributed by atoms with E-state index < -0.39 is 0 Å². The number of nitrogens with zero attached hydrogens (tertiary/aromatic N) is 2. The normalized spacial score (nSPS) is 11.1. The van der Waals surface area contributed by atoms with Crippen LogP contribution in [0.25, 0.3) is 0 Å². The average molecular weight is 284 g/mol. The maximum atomic E-state index is 11.9. The first kappa shape index (κ1) is 16.4. The van der Waals surface area contributed by atoms with E-state index in [0.717, 1.165) is 31.7 Å². The van der Waals surface area contributed by atoms with Gasteiger partial charge in [0.1, 0.15) is 0 Å². The second-order valence-electron chi connectivity index (χ2n) is 5.17.